The fourth-order valence-electron chi connectivity index (χ4n) is 5.46. The van der Waals surface area contributed by atoms with E-state index in [1.807, 2.05) is 21.0 Å². The summed E-state index contributed by atoms with van der Waals surface area (Å²) in [5, 5.41) is 0. The number of methoxy groups -OCH3 is 1. The predicted molar refractivity (Wildman–Crippen MR) is 105 cm³/mol. The van der Waals surface area contributed by atoms with Crippen molar-refractivity contribution in [3.05, 3.63) is 28.8 Å². The molecule has 1 heteroatoms. The lowest BCUT2D eigenvalue weighted by atomic mass is 9.50. The van der Waals surface area contributed by atoms with Crippen molar-refractivity contribution in [3.63, 3.8) is 0 Å². The highest BCUT2D eigenvalue weighted by Crippen LogP contribution is 2.57. The van der Waals surface area contributed by atoms with Crippen molar-refractivity contribution in [3.8, 4) is 5.75 Å². The molecule has 2 aliphatic carbocycles. The van der Waals surface area contributed by atoms with Crippen LogP contribution in [0.25, 0.3) is 0 Å². The van der Waals surface area contributed by atoms with Gasteiger partial charge in [-0.25, -0.2) is 0 Å². The molecular weight excluding hydrogens is 292 g/mol. The van der Waals surface area contributed by atoms with Crippen LogP contribution in [-0.4, -0.2) is 7.11 Å². The minimum atomic E-state index is 0.352. The van der Waals surface area contributed by atoms with Crippen LogP contribution in [0, 0.1) is 11.3 Å². The Labute approximate surface area is 150 Å². The van der Waals surface area contributed by atoms with Crippen molar-refractivity contribution in [2.24, 2.45) is 11.3 Å². The van der Waals surface area contributed by atoms with E-state index in [1.165, 1.54) is 43.2 Å². The Bertz CT molecular complexity index is 570. The highest BCUT2D eigenvalue weighted by Gasteiger charge is 2.49. The summed E-state index contributed by atoms with van der Waals surface area (Å²) in [5.41, 5.74) is 5.37. The zero-order chi connectivity index (χ0) is 18.1. The number of fused-ring (bicyclic) bond motifs is 3. The Morgan fingerprint density at radius 2 is 1.75 bits per heavy atom. The number of hydrogen-bond donors (Lipinski definition) is 0. The summed E-state index contributed by atoms with van der Waals surface area (Å²) in [4.78, 5) is 0. The Balaban J connectivity index is 0.00000100. The summed E-state index contributed by atoms with van der Waals surface area (Å²) in [6, 6.07) is 4.83. The van der Waals surface area contributed by atoms with E-state index in [4.69, 9.17) is 4.74 Å². The Kier molecular flexibility index (Phi) is 5.72. The normalized spacial score (nSPS) is 27.6. The second kappa shape index (κ2) is 7.10. The molecule has 1 aromatic carbocycles. The van der Waals surface area contributed by atoms with E-state index in [0.717, 1.165) is 11.7 Å². The zero-order valence-electron chi connectivity index (χ0n) is 17.3. The molecule has 1 aromatic rings. The van der Waals surface area contributed by atoms with Gasteiger partial charge in [-0.05, 0) is 71.1 Å². The summed E-state index contributed by atoms with van der Waals surface area (Å²) in [5.74, 6) is 2.42. The van der Waals surface area contributed by atoms with E-state index >= 15 is 0 Å². The molecule has 0 bridgehead atoms. The maximum absolute atomic E-state index is 5.68. The molecule has 136 valence electrons. The average Bonchev–Trinajstić information content (AvgIpc) is 2.54. The molecular formula is C23H38O. The van der Waals surface area contributed by atoms with Crippen molar-refractivity contribution in [2.45, 2.75) is 91.9 Å². The molecule has 2 aliphatic rings. The van der Waals surface area contributed by atoms with E-state index in [9.17, 15) is 0 Å². The molecule has 0 amide bonds. The van der Waals surface area contributed by atoms with Gasteiger partial charge in [0.25, 0.3) is 0 Å². The second-order valence-corrected chi connectivity index (χ2v) is 8.76. The van der Waals surface area contributed by atoms with Gasteiger partial charge in [0, 0.05) is 0 Å². The first kappa shape index (κ1) is 19.3. The van der Waals surface area contributed by atoms with Crippen LogP contribution in [0.5, 0.6) is 5.75 Å². The Morgan fingerprint density at radius 3 is 2.33 bits per heavy atom. The third kappa shape index (κ3) is 3.11. The van der Waals surface area contributed by atoms with Crippen LogP contribution in [0.4, 0.5) is 0 Å². The van der Waals surface area contributed by atoms with Gasteiger partial charge in [0.15, 0.2) is 0 Å². The van der Waals surface area contributed by atoms with Gasteiger partial charge < -0.3 is 4.74 Å². The minimum absolute atomic E-state index is 0.352. The Hall–Kier alpha value is -0.980. The van der Waals surface area contributed by atoms with E-state index in [-0.39, 0.29) is 0 Å². The van der Waals surface area contributed by atoms with Gasteiger partial charge in [0.2, 0.25) is 0 Å². The van der Waals surface area contributed by atoms with Gasteiger partial charge in [-0.2, -0.15) is 0 Å². The first-order valence-electron chi connectivity index (χ1n) is 10.0. The van der Waals surface area contributed by atoms with Crippen LogP contribution in [0.2, 0.25) is 0 Å². The van der Waals surface area contributed by atoms with Crippen molar-refractivity contribution < 1.29 is 4.74 Å². The summed E-state index contributed by atoms with van der Waals surface area (Å²) >= 11 is 0. The molecule has 24 heavy (non-hydrogen) atoms. The molecule has 0 heterocycles. The lowest BCUT2D eigenvalue weighted by Crippen LogP contribution is -2.47. The SMILES string of the molecule is CC.COc1cc2c(cc1C(C)C)[C@@]1(C)CCCC(C)(C)[C@@H]1CC2. The van der Waals surface area contributed by atoms with Crippen LogP contribution in [0.1, 0.15) is 96.8 Å². The van der Waals surface area contributed by atoms with E-state index in [2.05, 4.69) is 46.8 Å². The Morgan fingerprint density at radius 1 is 1.08 bits per heavy atom. The quantitative estimate of drug-likeness (QED) is 0.574. The van der Waals surface area contributed by atoms with E-state index < -0.39 is 0 Å². The third-order valence-corrected chi connectivity index (χ3v) is 6.62. The van der Waals surface area contributed by atoms with Gasteiger partial charge in [-0.1, -0.05) is 61.0 Å². The fraction of sp³-hybridized carbons (Fsp3) is 0.739. The van der Waals surface area contributed by atoms with Crippen LogP contribution in [0.15, 0.2) is 12.1 Å². The third-order valence-electron chi connectivity index (χ3n) is 6.62. The number of ether oxygens (including phenoxy) is 1. The van der Waals surface area contributed by atoms with Gasteiger partial charge in [-0.3, -0.25) is 0 Å². The standard InChI is InChI=1S/C21H32O.C2H6/c1-14(2)16-13-17-15(12-18(16)22-6)8-9-19-20(3,4)10-7-11-21(17,19)5;1-2/h12-14,19H,7-11H2,1-6H3;1-2H3/t19-,21+;/m0./s1. The minimum Gasteiger partial charge on any atom is -0.496 e. The highest BCUT2D eigenvalue weighted by atomic mass is 16.5. The number of hydrogen-bond acceptors (Lipinski definition) is 1. The molecule has 0 aromatic heterocycles. The van der Waals surface area contributed by atoms with Crippen LogP contribution in [-0.2, 0) is 11.8 Å². The number of benzene rings is 1. The molecule has 0 unspecified atom stereocenters. The molecule has 3 rings (SSSR count). The first-order valence-corrected chi connectivity index (χ1v) is 10.0. The molecule has 0 spiro atoms. The van der Waals surface area contributed by atoms with Crippen LogP contribution in [0.3, 0.4) is 0 Å². The maximum atomic E-state index is 5.68. The van der Waals surface area contributed by atoms with E-state index in [1.54, 1.807) is 5.56 Å². The predicted octanol–water partition coefficient (Wildman–Crippen LogP) is 6.88. The molecule has 1 saturated carbocycles. The maximum Gasteiger partial charge on any atom is 0.122 e. The van der Waals surface area contributed by atoms with Gasteiger partial charge in [0.05, 0.1) is 7.11 Å². The summed E-state index contributed by atoms with van der Waals surface area (Å²) in [6.45, 7) is 16.1. The second-order valence-electron chi connectivity index (χ2n) is 8.76. The molecule has 1 fully saturated rings. The molecule has 0 saturated heterocycles. The van der Waals surface area contributed by atoms with E-state index in [0.29, 0.717) is 16.7 Å². The highest BCUT2D eigenvalue weighted by molar-refractivity contribution is 5.49. The van der Waals surface area contributed by atoms with Crippen molar-refractivity contribution in [1.29, 1.82) is 0 Å². The summed E-state index contributed by atoms with van der Waals surface area (Å²) in [7, 11) is 1.81. The molecule has 0 aliphatic heterocycles. The molecule has 1 nitrogen and oxygen atoms in total. The largest absolute Gasteiger partial charge is 0.496 e. The van der Waals surface area contributed by atoms with Gasteiger partial charge >= 0.3 is 0 Å². The fourth-order valence-corrected chi connectivity index (χ4v) is 5.46. The number of aryl methyl sites for hydroxylation is 1. The van der Waals surface area contributed by atoms with Gasteiger partial charge in [-0.15, -0.1) is 0 Å². The monoisotopic (exact) mass is 330 g/mol. The van der Waals surface area contributed by atoms with Gasteiger partial charge in [0.1, 0.15) is 5.75 Å². The molecule has 2 atom stereocenters. The number of rotatable bonds is 2. The van der Waals surface area contributed by atoms with Crippen molar-refractivity contribution in [2.75, 3.05) is 7.11 Å². The lowest BCUT2D eigenvalue weighted by molar-refractivity contribution is 0.0406. The van der Waals surface area contributed by atoms with Crippen molar-refractivity contribution in [1.82, 2.24) is 0 Å². The van der Waals surface area contributed by atoms with Crippen molar-refractivity contribution >= 4 is 0 Å². The zero-order valence-corrected chi connectivity index (χ0v) is 17.3. The summed E-state index contributed by atoms with van der Waals surface area (Å²) in [6.07, 6.45) is 6.64. The molecule has 0 radical (unpaired) electrons. The molecule has 0 N–H and O–H groups in total. The smallest absolute Gasteiger partial charge is 0.122 e. The lowest BCUT2D eigenvalue weighted by Gasteiger charge is -2.54. The van der Waals surface area contributed by atoms with Crippen LogP contribution >= 0.6 is 0 Å². The van der Waals surface area contributed by atoms with Crippen LogP contribution < -0.4 is 4.74 Å². The average molecular weight is 331 g/mol. The first-order chi connectivity index (χ1) is 11.3. The topological polar surface area (TPSA) is 9.23 Å². The summed E-state index contributed by atoms with van der Waals surface area (Å²) < 4.78 is 5.68.